The molecular formula is C24H20N4O4S2. The molecule has 0 atom stereocenters. The van der Waals surface area contributed by atoms with Crippen molar-refractivity contribution in [2.24, 2.45) is 10.2 Å². The molecule has 172 valence electrons. The Kier molecular flexibility index (Phi) is 2.80. The van der Waals surface area contributed by atoms with Crippen molar-refractivity contribution in [2.75, 3.05) is 11.5 Å². The number of hydrogen-bond acceptors (Lipinski definition) is 8. The number of rotatable bonds is 6. The summed E-state index contributed by atoms with van der Waals surface area (Å²) in [4.78, 5) is -5.31. The van der Waals surface area contributed by atoms with Crippen LogP contribution >= 0.6 is 0 Å². The van der Waals surface area contributed by atoms with Crippen LogP contribution in [0.4, 0.5) is 22.7 Å². The lowest BCUT2D eigenvalue weighted by atomic mass is 10.3. The zero-order valence-corrected chi connectivity index (χ0v) is 18.1. The smallest absolute Gasteiger partial charge is 0.206 e. The third-order valence-corrected chi connectivity index (χ3v) is 6.71. The van der Waals surface area contributed by atoms with Gasteiger partial charge in [0.05, 0.1) is 52.9 Å². The highest BCUT2D eigenvalue weighted by Gasteiger charge is 2.18. The lowest BCUT2D eigenvalue weighted by Gasteiger charge is -2.05. The highest BCUT2D eigenvalue weighted by atomic mass is 32.2. The fourth-order valence-corrected chi connectivity index (χ4v) is 4.04. The second kappa shape index (κ2) is 9.08. The Bertz CT molecular complexity index is 2170. The number of nitrogens with two attached hydrogens (primary N) is 2. The standard InChI is InChI=1S/C24H20N4O4S2/c25-17-1-9-21(10-2-17)33(29,30)23-13-5-19(6-14-23)27-28-20-7-15-24(16-8-20)34(31,32)22-11-3-18(26)4-12-22/h1-16H,25-26H2/i1D,2D,3D,4D,5D,6D,7D,8D,9D,10D,11D,12D,13D,14D,15D,16D. The summed E-state index contributed by atoms with van der Waals surface area (Å²) in [5.74, 6) is 0. The van der Waals surface area contributed by atoms with Crippen LogP contribution in [-0.4, -0.2) is 16.8 Å². The molecule has 0 aliphatic heterocycles. The van der Waals surface area contributed by atoms with Gasteiger partial charge < -0.3 is 11.5 Å². The molecule has 10 heteroatoms. The highest BCUT2D eigenvalue weighted by Crippen LogP contribution is 2.27. The second-order valence-corrected chi connectivity index (χ2v) is 9.69. The zero-order valence-electron chi connectivity index (χ0n) is 32.5. The number of nitrogens with zero attached hydrogens (tertiary/aromatic N) is 2. The normalized spacial score (nSPS) is 18.7. The van der Waals surface area contributed by atoms with Crippen molar-refractivity contribution in [1.29, 1.82) is 0 Å². The summed E-state index contributed by atoms with van der Waals surface area (Å²) < 4.78 is 184. The first-order valence-corrected chi connectivity index (χ1v) is 11.7. The number of hydrogen-bond donors (Lipinski definition) is 2. The van der Waals surface area contributed by atoms with Crippen molar-refractivity contribution >= 4 is 42.4 Å². The molecule has 0 spiro atoms. The van der Waals surface area contributed by atoms with E-state index in [1.54, 1.807) is 0 Å². The van der Waals surface area contributed by atoms with Gasteiger partial charge in [-0.1, -0.05) is 0 Å². The summed E-state index contributed by atoms with van der Waals surface area (Å²) in [5.41, 5.74) is 7.59. The maximum Gasteiger partial charge on any atom is 0.206 e. The molecule has 4 aromatic rings. The predicted molar refractivity (Wildman–Crippen MR) is 130 cm³/mol. The second-order valence-electron chi connectivity index (χ2n) is 6.05. The average Bonchev–Trinajstić information content (AvgIpc) is 3.03. The summed E-state index contributed by atoms with van der Waals surface area (Å²) in [7, 11) is -10.6. The van der Waals surface area contributed by atoms with Crippen LogP contribution in [0, 0.1) is 0 Å². The molecule has 0 unspecified atom stereocenters. The van der Waals surface area contributed by atoms with E-state index in [9.17, 15) is 16.8 Å². The summed E-state index contributed by atoms with van der Waals surface area (Å²) in [5, 5.41) is 6.94. The minimum absolute atomic E-state index is 0.689. The summed E-state index contributed by atoms with van der Waals surface area (Å²) in [6.45, 7) is 0. The van der Waals surface area contributed by atoms with Gasteiger partial charge in [-0.2, -0.15) is 10.2 Å². The molecule has 0 radical (unpaired) electrons. The van der Waals surface area contributed by atoms with Gasteiger partial charge in [0, 0.05) is 11.4 Å². The van der Waals surface area contributed by atoms with Crippen LogP contribution in [0.25, 0.3) is 0 Å². The first-order chi connectivity index (χ1) is 22.9. The van der Waals surface area contributed by atoms with E-state index in [0.29, 0.717) is 0 Å². The van der Waals surface area contributed by atoms with Crippen LogP contribution < -0.4 is 11.5 Å². The molecule has 0 fully saturated rings. The third kappa shape index (κ3) is 4.82. The molecule has 0 heterocycles. The molecule has 0 amide bonds. The first kappa shape index (κ1) is 10.5. The minimum Gasteiger partial charge on any atom is -0.399 e. The Morgan fingerprint density at radius 3 is 0.971 bits per heavy atom. The quantitative estimate of drug-likeness (QED) is 0.279. The lowest BCUT2D eigenvalue weighted by molar-refractivity contribution is 0.594. The van der Waals surface area contributed by atoms with Crippen molar-refractivity contribution in [2.45, 2.75) is 19.6 Å². The van der Waals surface area contributed by atoms with E-state index in [2.05, 4.69) is 10.2 Å². The molecule has 0 bridgehead atoms. The van der Waals surface area contributed by atoms with Gasteiger partial charge >= 0.3 is 0 Å². The topological polar surface area (TPSA) is 145 Å². The Labute approximate surface area is 219 Å². The third-order valence-electron chi connectivity index (χ3n) is 3.75. The van der Waals surface area contributed by atoms with Gasteiger partial charge in [0.2, 0.25) is 19.7 Å². The van der Waals surface area contributed by atoms with Crippen LogP contribution in [-0.2, 0) is 19.7 Å². The van der Waals surface area contributed by atoms with Gasteiger partial charge in [0.15, 0.2) is 0 Å². The van der Waals surface area contributed by atoms with Crippen molar-refractivity contribution in [3.8, 4) is 0 Å². The van der Waals surface area contributed by atoms with Gasteiger partial charge in [-0.15, -0.1) is 0 Å². The van der Waals surface area contributed by atoms with Crippen molar-refractivity contribution < 1.29 is 38.8 Å². The molecule has 4 rings (SSSR count). The first-order valence-electron chi connectivity index (χ1n) is 16.7. The van der Waals surface area contributed by atoms with Crippen molar-refractivity contribution in [3.63, 3.8) is 0 Å². The van der Waals surface area contributed by atoms with Gasteiger partial charge in [0.25, 0.3) is 0 Å². The predicted octanol–water partition coefficient (Wildman–Crippen LogP) is 4.93. The fourth-order valence-electron chi connectivity index (χ4n) is 2.15. The Balaban J connectivity index is 1.93. The van der Waals surface area contributed by atoms with E-state index in [0.717, 1.165) is 0 Å². The molecular weight excluding hydrogens is 472 g/mol. The van der Waals surface area contributed by atoms with Crippen molar-refractivity contribution in [3.05, 3.63) is 96.7 Å². The van der Waals surface area contributed by atoms with Crippen LogP contribution in [0.15, 0.2) is 126 Å². The molecule has 0 aliphatic rings. The van der Waals surface area contributed by atoms with Gasteiger partial charge in [-0.25, -0.2) is 16.8 Å². The molecule has 8 nitrogen and oxygen atoms in total. The zero-order chi connectivity index (χ0) is 38.3. The molecule has 0 aromatic heterocycles. The molecule has 0 aliphatic carbocycles. The van der Waals surface area contributed by atoms with Gasteiger partial charge in [-0.3, -0.25) is 0 Å². The Hall–Kier alpha value is -4.02. The molecule has 0 saturated carbocycles. The Morgan fingerprint density at radius 2 is 0.706 bits per heavy atom. The highest BCUT2D eigenvalue weighted by molar-refractivity contribution is 7.91. The largest absolute Gasteiger partial charge is 0.399 e. The summed E-state index contributed by atoms with van der Waals surface area (Å²) >= 11 is 0. The number of anilines is 2. The molecule has 4 aromatic carbocycles. The number of nitrogen functional groups attached to an aromatic ring is 2. The number of azo groups is 1. The van der Waals surface area contributed by atoms with Gasteiger partial charge in [0.1, 0.15) is 0 Å². The Morgan fingerprint density at radius 1 is 0.471 bits per heavy atom. The fraction of sp³-hybridized carbons (Fsp3) is 0. The lowest BCUT2D eigenvalue weighted by Crippen LogP contribution is -2.01. The van der Waals surface area contributed by atoms with E-state index in [-0.39, 0.29) is 0 Å². The van der Waals surface area contributed by atoms with E-state index in [4.69, 9.17) is 33.4 Å². The summed E-state index contributed by atoms with van der Waals surface area (Å²) in [6.07, 6.45) is 0. The average molecular weight is 509 g/mol. The van der Waals surface area contributed by atoms with E-state index in [1.807, 2.05) is 0 Å². The SMILES string of the molecule is [2H]c1c([2H])c(S(=O)(=O)c2c([2H])c([2H])c(N=Nc3c([2H])c([2H])c(S(=O)(=O)c4c([2H])c([2H])c(N)c([2H])c4[2H])c([2H])c3[2H])c([2H])c2[2H])c([2H])c([2H])c1N. The molecule has 0 saturated heterocycles. The van der Waals surface area contributed by atoms with Crippen LogP contribution in [0.1, 0.15) is 21.9 Å². The van der Waals surface area contributed by atoms with E-state index in [1.165, 1.54) is 0 Å². The van der Waals surface area contributed by atoms with Crippen LogP contribution in [0.2, 0.25) is 0 Å². The van der Waals surface area contributed by atoms with E-state index >= 15 is 0 Å². The van der Waals surface area contributed by atoms with Crippen molar-refractivity contribution in [1.82, 2.24) is 0 Å². The maximum absolute atomic E-state index is 13.5. The molecule has 4 N–H and O–H groups in total. The number of sulfone groups is 2. The van der Waals surface area contributed by atoms with E-state index < -0.39 is 159 Å². The molecule has 34 heavy (non-hydrogen) atoms. The van der Waals surface area contributed by atoms with Gasteiger partial charge in [-0.05, 0) is 96.7 Å². The minimum atomic E-state index is -5.31. The summed E-state index contributed by atoms with van der Waals surface area (Å²) in [6, 6.07) is -18.4. The number of benzene rings is 4. The van der Waals surface area contributed by atoms with Crippen LogP contribution in [0.5, 0.6) is 0 Å². The maximum atomic E-state index is 13.5. The van der Waals surface area contributed by atoms with Crippen LogP contribution in [0.3, 0.4) is 0 Å². The monoisotopic (exact) mass is 508 g/mol.